The Balaban J connectivity index is 1.57. The quantitative estimate of drug-likeness (QED) is 0.587. The summed E-state index contributed by atoms with van der Waals surface area (Å²) in [5.74, 6) is 0.162. The molecule has 3 rings (SSSR count). The van der Waals surface area contributed by atoms with E-state index in [2.05, 4.69) is 17.1 Å². The highest BCUT2D eigenvalue weighted by Gasteiger charge is 2.17. The lowest BCUT2D eigenvalue weighted by molar-refractivity contribution is -0.133. The largest absolute Gasteiger partial charge is 0.336 e. The molecular formula is C22H23N3OS. The van der Waals surface area contributed by atoms with E-state index in [9.17, 15) is 4.79 Å². The molecule has 0 radical (unpaired) electrons. The van der Waals surface area contributed by atoms with Crippen LogP contribution in [0.2, 0.25) is 0 Å². The Morgan fingerprint density at radius 3 is 2.59 bits per heavy atom. The summed E-state index contributed by atoms with van der Waals surface area (Å²) in [5, 5.41) is 10.00. The number of para-hydroxylation sites is 1. The molecule has 2 aromatic carbocycles. The van der Waals surface area contributed by atoms with Crippen LogP contribution in [0.1, 0.15) is 42.8 Å². The number of fused-ring (bicyclic) bond motifs is 1. The molecule has 0 aliphatic rings. The minimum absolute atomic E-state index is 0.135. The Labute approximate surface area is 164 Å². The summed E-state index contributed by atoms with van der Waals surface area (Å²) >= 11 is 1.71. The number of carbonyl (C=O) groups excluding carboxylic acids is 1. The molecule has 0 saturated heterocycles. The van der Waals surface area contributed by atoms with Crippen molar-refractivity contribution in [3.63, 3.8) is 0 Å². The zero-order valence-corrected chi connectivity index (χ0v) is 16.5. The number of hydrogen-bond acceptors (Lipinski definition) is 4. The second-order valence-corrected chi connectivity index (χ2v) is 7.97. The molecular weight excluding hydrogens is 354 g/mol. The van der Waals surface area contributed by atoms with Crippen LogP contribution in [0.3, 0.4) is 0 Å². The van der Waals surface area contributed by atoms with Gasteiger partial charge in [-0.15, -0.1) is 11.3 Å². The van der Waals surface area contributed by atoms with E-state index in [1.165, 1.54) is 4.70 Å². The van der Waals surface area contributed by atoms with Crippen LogP contribution in [0.15, 0.2) is 48.5 Å². The Bertz CT molecular complexity index is 921. The second-order valence-electron chi connectivity index (χ2n) is 6.85. The van der Waals surface area contributed by atoms with Gasteiger partial charge in [0.05, 0.1) is 26.9 Å². The fourth-order valence-electron chi connectivity index (χ4n) is 3.00. The molecule has 0 unspecified atom stereocenters. The van der Waals surface area contributed by atoms with Crippen molar-refractivity contribution in [3.05, 3.63) is 64.7 Å². The summed E-state index contributed by atoms with van der Waals surface area (Å²) in [6, 6.07) is 17.8. The number of thiazole rings is 1. The van der Waals surface area contributed by atoms with Gasteiger partial charge >= 0.3 is 0 Å². The van der Waals surface area contributed by atoms with Crippen molar-refractivity contribution in [3.8, 4) is 6.07 Å². The molecule has 4 nitrogen and oxygen atoms in total. The second kappa shape index (κ2) is 8.79. The van der Waals surface area contributed by atoms with E-state index in [0.29, 0.717) is 18.5 Å². The van der Waals surface area contributed by atoms with Crippen molar-refractivity contribution in [2.75, 3.05) is 0 Å². The van der Waals surface area contributed by atoms with Crippen LogP contribution >= 0.6 is 11.3 Å². The number of nitriles is 1. The van der Waals surface area contributed by atoms with Crippen LogP contribution < -0.4 is 0 Å². The minimum atomic E-state index is 0.135. The first-order valence-corrected chi connectivity index (χ1v) is 10.0. The molecule has 0 N–H and O–H groups in total. The molecule has 0 bridgehead atoms. The number of carbonyl (C=O) groups is 1. The average molecular weight is 378 g/mol. The molecule has 138 valence electrons. The summed E-state index contributed by atoms with van der Waals surface area (Å²) in [6.45, 7) is 4.65. The average Bonchev–Trinajstić information content (AvgIpc) is 3.09. The van der Waals surface area contributed by atoms with Crippen molar-refractivity contribution in [1.29, 1.82) is 5.26 Å². The van der Waals surface area contributed by atoms with Gasteiger partial charge in [-0.25, -0.2) is 4.98 Å². The third-order valence-corrected chi connectivity index (χ3v) is 5.60. The van der Waals surface area contributed by atoms with Crippen LogP contribution in [0, 0.1) is 11.3 Å². The van der Waals surface area contributed by atoms with Gasteiger partial charge in [-0.1, -0.05) is 24.3 Å². The van der Waals surface area contributed by atoms with Crippen molar-refractivity contribution >= 4 is 27.5 Å². The summed E-state index contributed by atoms with van der Waals surface area (Å²) in [5.41, 5.74) is 2.72. The molecule has 27 heavy (non-hydrogen) atoms. The van der Waals surface area contributed by atoms with Gasteiger partial charge in [-0.3, -0.25) is 4.79 Å². The predicted molar refractivity (Wildman–Crippen MR) is 109 cm³/mol. The maximum absolute atomic E-state index is 12.7. The lowest BCUT2D eigenvalue weighted by atomic mass is 10.1. The highest BCUT2D eigenvalue weighted by Crippen LogP contribution is 2.23. The zero-order valence-electron chi connectivity index (χ0n) is 15.7. The van der Waals surface area contributed by atoms with E-state index in [-0.39, 0.29) is 11.9 Å². The molecule has 3 aromatic rings. The van der Waals surface area contributed by atoms with E-state index in [4.69, 9.17) is 5.26 Å². The first kappa shape index (κ1) is 19.1. The van der Waals surface area contributed by atoms with Gasteiger partial charge in [0, 0.05) is 19.0 Å². The fraction of sp³-hybridized carbons (Fsp3) is 0.318. The van der Waals surface area contributed by atoms with Crippen LogP contribution in [0.5, 0.6) is 0 Å². The Kier molecular flexibility index (Phi) is 6.20. The molecule has 0 saturated carbocycles. The Morgan fingerprint density at radius 1 is 1.19 bits per heavy atom. The third-order valence-electron chi connectivity index (χ3n) is 4.50. The molecule has 0 spiro atoms. The van der Waals surface area contributed by atoms with Crippen molar-refractivity contribution < 1.29 is 4.79 Å². The Morgan fingerprint density at radius 2 is 1.93 bits per heavy atom. The van der Waals surface area contributed by atoms with Gasteiger partial charge in [-0.05, 0) is 56.5 Å². The number of hydrogen-bond donors (Lipinski definition) is 0. The Hall–Kier alpha value is -2.71. The van der Waals surface area contributed by atoms with Crippen LogP contribution in [-0.4, -0.2) is 21.8 Å². The number of aryl methyl sites for hydroxylation is 1. The molecule has 0 fully saturated rings. The molecule has 0 aliphatic carbocycles. The third kappa shape index (κ3) is 4.93. The fourth-order valence-corrected chi connectivity index (χ4v) is 4.01. The summed E-state index contributed by atoms with van der Waals surface area (Å²) in [6.07, 6.45) is 2.15. The summed E-state index contributed by atoms with van der Waals surface area (Å²) in [7, 11) is 0. The monoisotopic (exact) mass is 377 g/mol. The minimum Gasteiger partial charge on any atom is -0.336 e. The summed E-state index contributed by atoms with van der Waals surface area (Å²) < 4.78 is 1.20. The zero-order chi connectivity index (χ0) is 19.2. The van der Waals surface area contributed by atoms with E-state index >= 15 is 0 Å². The van der Waals surface area contributed by atoms with E-state index in [1.807, 2.05) is 49.1 Å². The molecule has 1 heterocycles. The lowest BCUT2D eigenvalue weighted by Crippen LogP contribution is -2.36. The topological polar surface area (TPSA) is 57.0 Å². The molecule has 0 atom stereocenters. The molecule has 1 amide bonds. The van der Waals surface area contributed by atoms with Crippen LogP contribution in [0.25, 0.3) is 10.2 Å². The number of benzene rings is 2. The van der Waals surface area contributed by atoms with Crippen molar-refractivity contribution in [2.45, 2.75) is 45.7 Å². The summed E-state index contributed by atoms with van der Waals surface area (Å²) in [4.78, 5) is 19.3. The highest BCUT2D eigenvalue weighted by molar-refractivity contribution is 7.18. The van der Waals surface area contributed by atoms with Gasteiger partial charge in [0.1, 0.15) is 0 Å². The van der Waals surface area contributed by atoms with Gasteiger partial charge in [0.2, 0.25) is 5.91 Å². The number of rotatable bonds is 7. The smallest absolute Gasteiger partial charge is 0.223 e. The van der Waals surface area contributed by atoms with Gasteiger partial charge < -0.3 is 4.90 Å². The van der Waals surface area contributed by atoms with Crippen molar-refractivity contribution in [1.82, 2.24) is 9.88 Å². The normalized spacial score (nSPS) is 10.9. The number of nitrogens with zero attached hydrogens (tertiary/aromatic N) is 3. The number of amides is 1. The predicted octanol–water partition coefficient (Wildman–Crippen LogP) is 4.93. The SMILES string of the molecule is CC(C)N(Cc1ccc(C#N)cc1)C(=O)CCCc1nc2ccccc2s1. The molecule has 5 heteroatoms. The van der Waals surface area contributed by atoms with Gasteiger partial charge in [0.15, 0.2) is 0 Å². The molecule has 0 aliphatic heterocycles. The highest BCUT2D eigenvalue weighted by atomic mass is 32.1. The van der Waals surface area contributed by atoms with E-state index in [0.717, 1.165) is 28.9 Å². The van der Waals surface area contributed by atoms with Gasteiger partial charge in [0.25, 0.3) is 0 Å². The maximum Gasteiger partial charge on any atom is 0.223 e. The lowest BCUT2D eigenvalue weighted by Gasteiger charge is -2.27. The van der Waals surface area contributed by atoms with E-state index in [1.54, 1.807) is 23.5 Å². The van der Waals surface area contributed by atoms with Crippen LogP contribution in [0.4, 0.5) is 0 Å². The first-order chi connectivity index (χ1) is 13.1. The van der Waals surface area contributed by atoms with Gasteiger partial charge in [-0.2, -0.15) is 5.26 Å². The number of aromatic nitrogens is 1. The standard InChI is InChI=1S/C22H23N3OS/c1-16(2)25(15-18-12-10-17(14-23)11-13-18)22(26)9-5-8-21-24-19-6-3-4-7-20(19)27-21/h3-4,6-7,10-13,16H,5,8-9,15H2,1-2H3. The van der Waals surface area contributed by atoms with Crippen molar-refractivity contribution in [2.24, 2.45) is 0 Å². The maximum atomic E-state index is 12.7. The van der Waals surface area contributed by atoms with Crippen LogP contribution in [-0.2, 0) is 17.8 Å². The first-order valence-electron chi connectivity index (χ1n) is 9.20. The molecule has 1 aromatic heterocycles. The van der Waals surface area contributed by atoms with E-state index < -0.39 is 0 Å².